The number of anilines is 1. The lowest BCUT2D eigenvalue weighted by molar-refractivity contribution is -0.127. The molecule has 0 spiro atoms. The molecule has 34 heavy (non-hydrogen) atoms. The highest BCUT2D eigenvalue weighted by atomic mass is 16.5. The van der Waals surface area contributed by atoms with Crippen molar-refractivity contribution in [3.8, 4) is 17.2 Å². The lowest BCUT2D eigenvalue weighted by Gasteiger charge is -2.31. The van der Waals surface area contributed by atoms with E-state index in [9.17, 15) is 9.59 Å². The van der Waals surface area contributed by atoms with Crippen LogP contribution in [0.15, 0.2) is 78.4 Å². The molecule has 3 heterocycles. The van der Waals surface area contributed by atoms with E-state index in [1.54, 1.807) is 33.7 Å². The zero-order valence-corrected chi connectivity index (χ0v) is 18.5. The molecule has 0 bridgehead atoms. The lowest BCUT2D eigenvalue weighted by Crippen LogP contribution is -2.40. The first-order chi connectivity index (χ1) is 16.6. The number of imidazole rings is 1. The molecule has 5 rings (SSSR count). The summed E-state index contributed by atoms with van der Waals surface area (Å²) < 4.78 is 9.09. The van der Waals surface area contributed by atoms with E-state index in [0.29, 0.717) is 48.5 Å². The minimum atomic E-state index is -0.243. The first kappa shape index (κ1) is 21.4. The fourth-order valence-corrected chi connectivity index (χ4v) is 4.40. The number of piperidine rings is 1. The van der Waals surface area contributed by atoms with Crippen LogP contribution in [0.1, 0.15) is 18.9 Å². The minimum absolute atomic E-state index is 0.0994. The molecule has 0 atom stereocenters. The van der Waals surface area contributed by atoms with Gasteiger partial charge in [0.05, 0.1) is 5.69 Å². The van der Waals surface area contributed by atoms with E-state index >= 15 is 0 Å². The van der Waals surface area contributed by atoms with Gasteiger partial charge in [0.15, 0.2) is 11.5 Å². The smallest absolute Gasteiger partial charge is 0.335 e. The number of rotatable bonds is 5. The molecule has 1 amide bonds. The molecule has 9 nitrogen and oxygen atoms in total. The maximum Gasteiger partial charge on any atom is 0.335 e. The van der Waals surface area contributed by atoms with E-state index in [2.05, 4.69) is 16.5 Å². The number of para-hydroxylation sites is 1. The molecule has 4 aromatic rings. The lowest BCUT2D eigenvalue weighted by atomic mass is 10.0. The third-order valence-electron chi connectivity index (χ3n) is 6.07. The average Bonchev–Trinajstić information content (AvgIpc) is 3.18. The second-order valence-corrected chi connectivity index (χ2v) is 8.09. The number of hydrogen-bond acceptors (Lipinski definition) is 6. The van der Waals surface area contributed by atoms with E-state index in [4.69, 9.17) is 10.5 Å². The summed E-state index contributed by atoms with van der Waals surface area (Å²) in [5.74, 6) is 1.50. The van der Waals surface area contributed by atoms with Gasteiger partial charge in [0.1, 0.15) is 23.3 Å². The Morgan fingerprint density at radius 1 is 1.03 bits per heavy atom. The van der Waals surface area contributed by atoms with Crippen molar-refractivity contribution in [1.29, 1.82) is 0 Å². The van der Waals surface area contributed by atoms with Crippen molar-refractivity contribution in [2.24, 2.45) is 0 Å². The monoisotopic (exact) mass is 456 g/mol. The number of nitrogen functional groups attached to an aromatic ring is 1. The molecular formula is C25H24N6O3. The third kappa shape index (κ3) is 3.81. The summed E-state index contributed by atoms with van der Waals surface area (Å²) in [6.45, 7) is 4.64. The summed E-state index contributed by atoms with van der Waals surface area (Å²) in [5.41, 5.74) is 7.54. The Morgan fingerprint density at radius 2 is 1.71 bits per heavy atom. The molecule has 0 saturated carbocycles. The zero-order chi connectivity index (χ0) is 23.7. The van der Waals surface area contributed by atoms with Crippen molar-refractivity contribution in [2.75, 3.05) is 18.8 Å². The number of nitrogens with two attached hydrogens (primary N) is 1. The Balaban J connectivity index is 1.51. The maximum atomic E-state index is 13.7. The summed E-state index contributed by atoms with van der Waals surface area (Å²) in [6, 6.07) is 16.6. The summed E-state index contributed by atoms with van der Waals surface area (Å²) in [7, 11) is 0. The van der Waals surface area contributed by atoms with Crippen LogP contribution in [0.5, 0.6) is 11.5 Å². The molecule has 9 heteroatoms. The van der Waals surface area contributed by atoms with Crippen LogP contribution in [0.3, 0.4) is 0 Å². The highest BCUT2D eigenvalue weighted by molar-refractivity contribution is 5.87. The first-order valence-corrected chi connectivity index (χ1v) is 11.0. The van der Waals surface area contributed by atoms with Gasteiger partial charge in [-0.05, 0) is 55.3 Å². The van der Waals surface area contributed by atoms with Gasteiger partial charge in [0.25, 0.3) is 0 Å². The maximum absolute atomic E-state index is 13.7. The number of fused-ring (bicyclic) bond motifs is 1. The Morgan fingerprint density at radius 3 is 2.38 bits per heavy atom. The molecule has 1 aliphatic rings. The van der Waals surface area contributed by atoms with E-state index in [1.807, 2.05) is 30.3 Å². The molecule has 2 aromatic heterocycles. The van der Waals surface area contributed by atoms with Gasteiger partial charge < -0.3 is 15.4 Å². The molecule has 1 aliphatic heterocycles. The Labute approximate surface area is 195 Å². The van der Waals surface area contributed by atoms with Gasteiger partial charge in [-0.25, -0.2) is 14.8 Å². The highest BCUT2D eigenvalue weighted by Crippen LogP contribution is 2.29. The van der Waals surface area contributed by atoms with Crippen LogP contribution in [0.4, 0.5) is 5.82 Å². The Bertz CT molecular complexity index is 1400. The number of ether oxygens (including phenoxy) is 1. The molecule has 2 aromatic carbocycles. The van der Waals surface area contributed by atoms with Crippen LogP contribution >= 0.6 is 0 Å². The molecule has 2 N–H and O–H groups in total. The van der Waals surface area contributed by atoms with Gasteiger partial charge in [0, 0.05) is 19.1 Å². The summed E-state index contributed by atoms with van der Waals surface area (Å²) in [5, 5.41) is 0. The second-order valence-electron chi connectivity index (χ2n) is 8.09. The van der Waals surface area contributed by atoms with Gasteiger partial charge in [-0.15, -0.1) is 0 Å². The fraction of sp³-hybridized carbons (Fsp3) is 0.200. The standard InChI is InChI=1S/C25H24N6O3/c1-2-21(32)29-14-12-18(13-15-29)31-24-22(23(26)27-16-28-24)30(25(31)33)17-8-10-20(11-9-17)34-19-6-4-3-5-7-19/h2-11,16,18H,1,12-15H2,(H2,26,27,28). The van der Waals surface area contributed by atoms with Crippen LogP contribution in [-0.2, 0) is 4.79 Å². The van der Waals surface area contributed by atoms with E-state index in [1.165, 1.54) is 17.0 Å². The van der Waals surface area contributed by atoms with Gasteiger partial charge >= 0.3 is 5.69 Å². The molecule has 0 radical (unpaired) electrons. The normalized spacial score (nSPS) is 14.3. The molecule has 1 fully saturated rings. The number of amides is 1. The van der Waals surface area contributed by atoms with Crippen molar-refractivity contribution in [3.63, 3.8) is 0 Å². The van der Waals surface area contributed by atoms with Crippen LogP contribution < -0.4 is 16.2 Å². The van der Waals surface area contributed by atoms with Crippen LogP contribution in [0, 0.1) is 0 Å². The van der Waals surface area contributed by atoms with E-state index < -0.39 is 0 Å². The van der Waals surface area contributed by atoms with Gasteiger partial charge in [0.2, 0.25) is 5.91 Å². The Kier molecular flexibility index (Phi) is 5.59. The predicted molar refractivity (Wildman–Crippen MR) is 129 cm³/mol. The SMILES string of the molecule is C=CC(=O)N1CCC(n2c(=O)n(-c3ccc(Oc4ccccc4)cc3)c3c(N)ncnc32)CC1. The molecule has 1 saturated heterocycles. The van der Waals surface area contributed by atoms with Gasteiger partial charge in [-0.1, -0.05) is 24.8 Å². The number of likely N-dealkylation sites (tertiary alicyclic amines) is 1. The average molecular weight is 457 g/mol. The van der Waals surface area contributed by atoms with E-state index in [-0.39, 0.29) is 23.5 Å². The number of nitrogens with zero attached hydrogens (tertiary/aromatic N) is 5. The molecular weight excluding hydrogens is 432 g/mol. The van der Waals surface area contributed by atoms with Crippen LogP contribution in [0.2, 0.25) is 0 Å². The zero-order valence-electron chi connectivity index (χ0n) is 18.5. The molecule has 0 aliphatic carbocycles. The second kappa shape index (κ2) is 8.86. The number of benzene rings is 2. The van der Waals surface area contributed by atoms with Crippen LogP contribution in [0.25, 0.3) is 16.9 Å². The third-order valence-corrected chi connectivity index (χ3v) is 6.07. The number of carbonyl (C=O) groups is 1. The highest BCUT2D eigenvalue weighted by Gasteiger charge is 2.28. The number of carbonyl (C=O) groups excluding carboxylic acids is 1. The molecule has 172 valence electrons. The fourth-order valence-electron chi connectivity index (χ4n) is 4.40. The van der Waals surface area contributed by atoms with E-state index in [0.717, 1.165) is 5.75 Å². The topological polar surface area (TPSA) is 108 Å². The van der Waals surface area contributed by atoms with Crippen molar-refractivity contribution in [3.05, 3.63) is 84.1 Å². The van der Waals surface area contributed by atoms with Gasteiger partial charge in [-0.2, -0.15) is 0 Å². The Hall–Kier alpha value is -4.40. The predicted octanol–water partition coefficient (Wildman–Crippen LogP) is 3.31. The first-order valence-electron chi connectivity index (χ1n) is 11.0. The minimum Gasteiger partial charge on any atom is -0.457 e. The van der Waals surface area contributed by atoms with Crippen LogP contribution in [-0.4, -0.2) is 43.0 Å². The summed E-state index contributed by atoms with van der Waals surface area (Å²) in [4.78, 5) is 35.9. The van der Waals surface area contributed by atoms with Crippen molar-refractivity contribution in [1.82, 2.24) is 24.0 Å². The summed E-state index contributed by atoms with van der Waals surface area (Å²) >= 11 is 0. The summed E-state index contributed by atoms with van der Waals surface area (Å²) in [6.07, 6.45) is 3.95. The van der Waals surface area contributed by atoms with Gasteiger partial charge in [-0.3, -0.25) is 13.9 Å². The number of aromatic nitrogens is 4. The van der Waals surface area contributed by atoms with Crippen molar-refractivity contribution in [2.45, 2.75) is 18.9 Å². The number of hydrogen-bond donors (Lipinski definition) is 1. The van der Waals surface area contributed by atoms with Crippen molar-refractivity contribution >= 4 is 22.9 Å². The largest absolute Gasteiger partial charge is 0.457 e. The molecule has 0 unspecified atom stereocenters. The van der Waals surface area contributed by atoms with Crippen molar-refractivity contribution < 1.29 is 9.53 Å². The quantitative estimate of drug-likeness (QED) is 0.462.